The number of carbonyl (C=O) groups is 1. The van der Waals surface area contributed by atoms with Crippen molar-refractivity contribution in [2.75, 3.05) is 25.0 Å². The molecule has 1 N–H and O–H groups in total. The van der Waals surface area contributed by atoms with E-state index in [0.717, 1.165) is 18.9 Å². The molecule has 1 aliphatic heterocycles. The number of likely N-dealkylation sites (tertiary alicyclic amines) is 1. The summed E-state index contributed by atoms with van der Waals surface area (Å²) in [4.78, 5) is 24.9. The number of halogens is 2. The van der Waals surface area contributed by atoms with Crippen molar-refractivity contribution < 1.29 is 18.5 Å². The number of carbonyl (C=O) groups excluding carboxylic acids is 1. The van der Waals surface area contributed by atoms with Gasteiger partial charge in [-0.15, -0.1) is 0 Å². The van der Waals surface area contributed by atoms with Gasteiger partial charge in [0.25, 0.3) is 11.6 Å². The Bertz CT molecular complexity index is 867. The molecule has 1 heterocycles. The molecule has 0 aromatic heterocycles. The molecule has 8 heteroatoms. The van der Waals surface area contributed by atoms with E-state index in [-0.39, 0.29) is 17.2 Å². The molecule has 0 spiro atoms. The van der Waals surface area contributed by atoms with Crippen LogP contribution >= 0.6 is 0 Å². The maximum absolute atomic E-state index is 13.7. The SMILES string of the molecule is O=C(c1cc(NCCc2ccc(F)cc2F)ccc1[N+](=O)[O-])N1CCCC1. The molecule has 1 fully saturated rings. The van der Waals surface area contributed by atoms with Crippen molar-refractivity contribution in [2.45, 2.75) is 19.3 Å². The van der Waals surface area contributed by atoms with E-state index >= 15 is 0 Å². The van der Waals surface area contributed by atoms with Crippen molar-refractivity contribution in [1.29, 1.82) is 0 Å². The first-order valence-corrected chi connectivity index (χ1v) is 8.71. The normalized spacial score (nSPS) is 13.6. The third-order valence-corrected chi connectivity index (χ3v) is 4.56. The maximum Gasteiger partial charge on any atom is 0.282 e. The molecule has 2 aromatic carbocycles. The standard InChI is InChI=1S/C19H19F2N3O3/c20-14-4-3-13(17(21)11-14)7-8-22-15-5-6-18(24(26)27)16(12-15)19(25)23-9-1-2-10-23/h3-6,11-12,22H,1-2,7-10H2. The van der Waals surface area contributed by atoms with Crippen LogP contribution in [0.2, 0.25) is 0 Å². The number of nitrogens with one attached hydrogen (secondary N) is 1. The van der Waals surface area contributed by atoms with Gasteiger partial charge >= 0.3 is 0 Å². The van der Waals surface area contributed by atoms with E-state index in [9.17, 15) is 23.7 Å². The minimum atomic E-state index is -0.635. The van der Waals surface area contributed by atoms with Crippen LogP contribution in [0.4, 0.5) is 20.2 Å². The first-order valence-electron chi connectivity index (χ1n) is 8.71. The molecule has 2 aromatic rings. The van der Waals surface area contributed by atoms with Crippen LogP contribution in [0.5, 0.6) is 0 Å². The summed E-state index contributed by atoms with van der Waals surface area (Å²) < 4.78 is 26.6. The molecule has 1 aliphatic rings. The molecule has 0 radical (unpaired) electrons. The Balaban J connectivity index is 1.73. The van der Waals surface area contributed by atoms with Crippen molar-refractivity contribution in [1.82, 2.24) is 4.90 Å². The monoisotopic (exact) mass is 375 g/mol. The Labute approximate surface area is 154 Å². The van der Waals surface area contributed by atoms with Crippen LogP contribution in [0, 0.1) is 21.7 Å². The van der Waals surface area contributed by atoms with Crippen LogP contribution in [0.1, 0.15) is 28.8 Å². The van der Waals surface area contributed by atoms with Gasteiger partial charge in [-0.2, -0.15) is 0 Å². The van der Waals surface area contributed by atoms with Gasteiger partial charge in [0, 0.05) is 37.5 Å². The van der Waals surface area contributed by atoms with Crippen LogP contribution in [0.15, 0.2) is 36.4 Å². The molecular formula is C19H19F2N3O3. The van der Waals surface area contributed by atoms with Gasteiger partial charge in [-0.3, -0.25) is 14.9 Å². The lowest BCUT2D eigenvalue weighted by Gasteiger charge is -2.16. The highest BCUT2D eigenvalue weighted by atomic mass is 19.1. The Kier molecular flexibility index (Phi) is 5.63. The Morgan fingerprint density at radius 2 is 1.89 bits per heavy atom. The van der Waals surface area contributed by atoms with Crippen LogP contribution in [0.25, 0.3) is 0 Å². The number of nitro benzene ring substituents is 1. The average Bonchev–Trinajstić information content (AvgIpc) is 3.17. The molecule has 0 saturated carbocycles. The van der Waals surface area contributed by atoms with Crippen LogP contribution in [-0.2, 0) is 6.42 Å². The van der Waals surface area contributed by atoms with Gasteiger partial charge in [0.05, 0.1) is 4.92 Å². The van der Waals surface area contributed by atoms with Crippen LogP contribution in [-0.4, -0.2) is 35.4 Å². The highest BCUT2D eigenvalue weighted by Crippen LogP contribution is 2.25. The molecule has 0 aliphatic carbocycles. The lowest BCUT2D eigenvalue weighted by molar-refractivity contribution is -0.385. The van der Waals surface area contributed by atoms with Crippen molar-refractivity contribution in [2.24, 2.45) is 0 Å². The molecule has 0 atom stereocenters. The summed E-state index contributed by atoms with van der Waals surface area (Å²) in [5.41, 5.74) is 0.701. The number of nitro groups is 1. The molecule has 27 heavy (non-hydrogen) atoms. The molecule has 0 unspecified atom stereocenters. The number of hydrogen-bond acceptors (Lipinski definition) is 4. The Hall–Kier alpha value is -3.03. The number of rotatable bonds is 6. The fourth-order valence-electron chi connectivity index (χ4n) is 3.13. The maximum atomic E-state index is 13.7. The minimum absolute atomic E-state index is 0.0415. The summed E-state index contributed by atoms with van der Waals surface area (Å²) in [6, 6.07) is 7.67. The summed E-state index contributed by atoms with van der Waals surface area (Å²) in [6.07, 6.45) is 2.08. The second-order valence-electron chi connectivity index (χ2n) is 6.40. The predicted octanol–water partition coefficient (Wildman–Crippen LogP) is 3.76. The fourth-order valence-corrected chi connectivity index (χ4v) is 3.13. The number of nitrogens with zero attached hydrogens (tertiary/aromatic N) is 2. The summed E-state index contributed by atoms with van der Waals surface area (Å²) in [6.45, 7) is 1.52. The summed E-state index contributed by atoms with van der Waals surface area (Å²) >= 11 is 0. The number of benzene rings is 2. The summed E-state index contributed by atoms with van der Waals surface area (Å²) in [5, 5.41) is 14.3. The zero-order valence-electron chi connectivity index (χ0n) is 14.6. The first kappa shape index (κ1) is 18.8. The molecule has 0 bridgehead atoms. The van der Waals surface area contributed by atoms with Crippen molar-refractivity contribution in [3.8, 4) is 0 Å². The van der Waals surface area contributed by atoms with Gasteiger partial charge in [-0.1, -0.05) is 6.07 Å². The van der Waals surface area contributed by atoms with E-state index in [2.05, 4.69) is 5.32 Å². The van der Waals surface area contributed by atoms with Crippen LogP contribution < -0.4 is 5.32 Å². The van der Waals surface area contributed by atoms with E-state index in [1.165, 1.54) is 30.3 Å². The Morgan fingerprint density at radius 1 is 1.15 bits per heavy atom. The van der Waals surface area contributed by atoms with E-state index in [1.54, 1.807) is 4.90 Å². The number of amides is 1. The third-order valence-electron chi connectivity index (χ3n) is 4.56. The second kappa shape index (κ2) is 8.11. The zero-order valence-corrected chi connectivity index (χ0v) is 14.6. The smallest absolute Gasteiger partial charge is 0.282 e. The average molecular weight is 375 g/mol. The lowest BCUT2D eigenvalue weighted by Crippen LogP contribution is -2.28. The molecule has 6 nitrogen and oxygen atoms in total. The first-order chi connectivity index (χ1) is 13.0. The highest BCUT2D eigenvalue weighted by Gasteiger charge is 2.26. The molecule has 1 saturated heterocycles. The van der Waals surface area contributed by atoms with Crippen LogP contribution in [0.3, 0.4) is 0 Å². The van der Waals surface area contributed by atoms with Gasteiger partial charge < -0.3 is 10.2 Å². The van der Waals surface area contributed by atoms with E-state index in [4.69, 9.17) is 0 Å². The molecule has 142 valence electrons. The highest BCUT2D eigenvalue weighted by molar-refractivity contribution is 5.99. The topological polar surface area (TPSA) is 75.5 Å². The number of anilines is 1. The molecular weight excluding hydrogens is 356 g/mol. The third kappa shape index (κ3) is 4.39. The quantitative estimate of drug-likeness (QED) is 0.616. The number of hydrogen-bond donors (Lipinski definition) is 1. The van der Waals surface area contributed by atoms with Gasteiger partial charge in [0.15, 0.2) is 0 Å². The van der Waals surface area contributed by atoms with Crippen molar-refractivity contribution >= 4 is 17.3 Å². The van der Waals surface area contributed by atoms with Gasteiger partial charge in [-0.25, -0.2) is 8.78 Å². The zero-order chi connectivity index (χ0) is 19.4. The van der Waals surface area contributed by atoms with E-state index in [1.807, 2.05) is 0 Å². The summed E-state index contributed by atoms with van der Waals surface area (Å²) in [7, 11) is 0. The van der Waals surface area contributed by atoms with Gasteiger partial charge in [0.1, 0.15) is 17.2 Å². The fraction of sp³-hybridized carbons (Fsp3) is 0.316. The Morgan fingerprint density at radius 3 is 2.56 bits per heavy atom. The van der Waals surface area contributed by atoms with Gasteiger partial charge in [-0.05, 0) is 43.0 Å². The summed E-state index contributed by atoms with van der Waals surface area (Å²) in [5.74, 6) is -1.61. The molecule has 3 rings (SSSR count). The second-order valence-corrected chi connectivity index (χ2v) is 6.40. The van der Waals surface area contributed by atoms with Crippen molar-refractivity contribution in [3.05, 3.63) is 69.3 Å². The largest absolute Gasteiger partial charge is 0.385 e. The van der Waals surface area contributed by atoms with Gasteiger partial charge in [0.2, 0.25) is 0 Å². The molecule has 1 amide bonds. The van der Waals surface area contributed by atoms with E-state index in [0.29, 0.717) is 37.3 Å². The lowest BCUT2D eigenvalue weighted by atomic mass is 10.1. The van der Waals surface area contributed by atoms with E-state index < -0.39 is 16.6 Å². The minimum Gasteiger partial charge on any atom is -0.385 e. The predicted molar refractivity (Wildman–Crippen MR) is 96.8 cm³/mol. The van der Waals surface area contributed by atoms with Crippen molar-refractivity contribution in [3.63, 3.8) is 0 Å².